The molecule has 0 fully saturated rings. The molecule has 4 heterocycles. The van der Waals surface area contributed by atoms with Crippen LogP contribution in [0.4, 0.5) is 0 Å². The number of fused-ring (bicyclic) bond motifs is 5. The molecule has 2 atom stereocenters. The molecule has 0 spiro atoms. The average Bonchev–Trinajstić information content (AvgIpc) is 3.58. The second-order valence-corrected chi connectivity index (χ2v) is 19.2. The van der Waals surface area contributed by atoms with Gasteiger partial charge in [0.05, 0.1) is 5.54 Å². The van der Waals surface area contributed by atoms with Gasteiger partial charge in [-0.05, 0) is 71.2 Å². The number of hydrogen-bond donors (Lipinski definition) is 0. The number of aryl methyl sites for hydroxylation is 2. The quantitative estimate of drug-likeness (QED) is 0.162. The van der Waals surface area contributed by atoms with Crippen LogP contribution >= 0.6 is 0 Å². The minimum absolute atomic E-state index is 0. The molecule has 2 aliphatic rings. The van der Waals surface area contributed by atoms with Crippen LogP contribution in [0.3, 0.4) is 0 Å². The van der Waals surface area contributed by atoms with Crippen molar-refractivity contribution in [2.45, 2.75) is 124 Å². The molecule has 6 aromatic rings. The van der Waals surface area contributed by atoms with Crippen molar-refractivity contribution in [3.63, 3.8) is 0 Å². The standard InChI is InChI=1S/C50H55N3O2.Pt/c1-29(2)49(13)50(14,33-18-16-15-17-19-33)55-45(52-49)32-23-34(46(5,6)7)25-36(24-32)54-41-28-40-37(22-31(41)4)38-26-35(47(8,9)10)27-39-43(38)53(40)44-42(48(39,11)12)30(3)20-21-51-44;/h15-23,25-27,29H,1-14H3;/q-2;+2/t49-,50-;/m1./s1. The second-order valence-electron chi connectivity index (χ2n) is 19.2. The third-order valence-electron chi connectivity index (χ3n) is 12.8. The normalized spacial score (nSPS) is 20.2. The zero-order valence-corrected chi connectivity index (χ0v) is 37.8. The molecule has 292 valence electrons. The second kappa shape index (κ2) is 13.2. The summed E-state index contributed by atoms with van der Waals surface area (Å²) in [4.78, 5) is 10.4. The van der Waals surface area contributed by atoms with E-state index in [2.05, 4.69) is 174 Å². The van der Waals surface area contributed by atoms with Crippen molar-refractivity contribution in [2.24, 2.45) is 10.9 Å². The van der Waals surface area contributed by atoms with Crippen molar-refractivity contribution in [3.05, 3.63) is 130 Å². The summed E-state index contributed by atoms with van der Waals surface area (Å²) in [6.07, 6.45) is 1.93. The van der Waals surface area contributed by atoms with Crippen LogP contribution in [0.15, 0.2) is 77.9 Å². The van der Waals surface area contributed by atoms with Crippen molar-refractivity contribution in [3.8, 4) is 17.3 Å². The molecule has 2 aliphatic heterocycles. The first-order valence-electron chi connectivity index (χ1n) is 19.8. The van der Waals surface area contributed by atoms with Gasteiger partial charge in [-0.15, -0.1) is 28.6 Å². The van der Waals surface area contributed by atoms with Crippen LogP contribution in [0.1, 0.15) is 128 Å². The van der Waals surface area contributed by atoms with Crippen LogP contribution in [0.25, 0.3) is 27.6 Å². The monoisotopic (exact) mass is 924 g/mol. The summed E-state index contributed by atoms with van der Waals surface area (Å²) in [5.41, 5.74) is 9.65. The summed E-state index contributed by atoms with van der Waals surface area (Å²) < 4.78 is 16.2. The zero-order valence-electron chi connectivity index (χ0n) is 35.5. The summed E-state index contributed by atoms with van der Waals surface area (Å²) in [7, 11) is 0. The van der Waals surface area contributed by atoms with E-state index in [1.165, 1.54) is 33.2 Å². The van der Waals surface area contributed by atoms with E-state index in [0.29, 0.717) is 17.4 Å². The maximum absolute atomic E-state index is 6.97. The summed E-state index contributed by atoms with van der Waals surface area (Å²) >= 11 is 0. The topological polar surface area (TPSA) is 48.6 Å². The Bertz CT molecular complexity index is 2570. The summed E-state index contributed by atoms with van der Waals surface area (Å²) in [6, 6.07) is 31.3. The molecule has 2 aromatic heterocycles. The first-order valence-corrected chi connectivity index (χ1v) is 19.8. The van der Waals surface area contributed by atoms with Gasteiger partial charge in [-0.25, -0.2) is 4.98 Å². The van der Waals surface area contributed by atoms with E-state index in [1.807, 2.05) is 12.3 Å². The Morgan fingerprint density at radius 3 is 2.09 bits per heavy atom. The first-order chi connectivity index (χ1) is 25.6. The third kappa shape index (κ3) is 5.98. The fourth-order valence-electron chi connectivity index (χ4n) is 8.84. The number of hydrogen-bond acceptors (Lipinski definition) is 4. The number of nitrogens with zero attached hydrogens (tertiary/aromatic N) is 3. The number of benzene rings is 4. The SMILES string of the molecule is Cc1cc2c3cc(C(C)(C)C)cc4c3n(c2[c-]c1Oc1[c-]c(C2=N[C@](C)(C(C)C)[C@@](C)(c3ccccc3)O2)cc(C(C)(C)C)c1)-c1nccc(C)c1C4(C)C.[Pt+2]. The predicted molar refractivity (Wildman–Crippen MR) is 226 cm³/mol. The van der Waals surface area contributed by atoms with Gasteiger partial charge in [0.25, 0.3) is 0 Å². The number of aliphatic imine (C=N–C) groups is 1. The Labute approximate surface area is 348 Å². The molecule has 6 heteroatoms. The molecule has 8 rings (SSSR count). The van der Waals surface area contributed by atoms with Gasteiger partial charge in [0.1, 0.15) is 17.3 Å². The van der Waals surface area contributed by atoms with E-state index in [1.54, 1.807) is 0 Å². The van der Waals surface area contributed by atoms with Crippen LogP contribution in [0, 0.1) is 31.9 Å². The van der Waals surface area contributed by atoms with E-state index < -0.39 is 11.1 Å². The maximum Gasteiger partial charge on any atom is 2.00 e. The van der Waals surface area contributed by atoms with Crippen LogP contribution in [-0.4, -0.2) is 21.0 Å². The Morgan fingerprint density at radius 1 is 0.786 bits per heavy atom. The van der Waals surface area contributed by atoms with Crippen molar-refractivity contribution >= 4 is 27.7 Å². The predicted octanol–water partition coefficient (Wildman–Crippen LogP) is 12.5. The van der Waals surface area contributed by atoms with Crippen molar-refractivity contribution in [2.75, 3.05) is 0 Å². The molecule has 4 aromatic carbocycles. The average molecular weight is 925 g/mol. The van der Waals surface area contributed by atoms with E-state index in [4.69, 9.17) is 19.5 Å². The largest absolute Gasteiger partial charge is 2.00 e. The van der Waals surface area contributed by atoms with Gasteiger partial charge in [0.15, 0.2) is 0 Å². The minimum atomic E-state index is -0.666. The summed E-state index contributed by atoms with van der Waals surface area (Å²) in [6.45, 7) is 31.3. The maximum atomic E-state index is 6.97. The van der Waals surface area contributed by atoms with Crippen LogP contribution in [-0.2, 0) is 47.6 Å². The number of rotatable bonds is 5. The molecule has 5 nitrogen and oxygen atoms in total. The smallest absolute Gasteiger partial charge is 0.508 e. The van der Waals surface area contributed by atoms with Gasteiger partial charge in [-0.3, -0.25) is 4.99 Å². The molecule has 56 heavy (non-hydrogen) atoms. The molecule has 0 bridgehead atoms. The van der Waals surface area contributed by atoms with Crippen molar-refractivity contribution < 1.29 is 30.5 Å². The van der Waals surface area contributed by atoms with Crippen LogP contribution < -0.4 is 4.74 Å². The molecule has 0 amide bonds. The fraction of sp³-hybridized carbons (Fsp3) is 0.400. The molecule has 0 saturated heterocycles. The molecular weight excluding hydrogens is 870 g/mol. The fourth-order valence-corrected chi connectivity index (χ4v) is 8.84. The molecule has 0 radical (unpaired) electrons. The number of aromatic nitrogens is 2. The van der Waals surface area contributed by atoms with Gasteiger partial charge < -0.3 is 14.0 Å². The van der Waals surface area contributed by atoms with E-state index in [-0.39, 0.29) is 43.2 Å². The Kier molecular flexibility index (Phi) is 9.40. The molecule has 0 saturated carbocycles. The van der Waals surface area contributed by atoms with E-state index in [0.717, 1.165) is 39.0 Å². The van der Waals surface area contributed by atoms with Gasteiger partial charge in [-0.2, -0.15) is 6.07 Å². The Morgan fingerprint density at radius 2 is 1.45 bits per heavy atom. The number of ether oxygens (including phenoxy) is 2. The summed E-state index contributed by atoms with van der Waals surface area (Å²) in [5.74, 6) is 3.02. The van der Waals surface area contributed by atoms with Gasteiger partial charge >= 0.3 is 21.1 Å². The zero-order chi connectivity index (χ0) is 39.6. The molecule has 0 N–H and O–H groups in total. The third-order valence-corrected chi connectivity index (χ3v) is 12.8. The van der Waals surface area contributed by atoms with E-state index in [9.17, 15) is 0 Å². The van der Waals surface area contributed by atoms with E-state index >= 15 is 0 Å². The molecular formula is C50H55N3O2Pt. The Hall–Kier alpha value is -4.21. The molecule has 0 aliphatic carbocycles. The first kappa shape index (κ1) is 40.0. The molecule has 0 unspecified atom stereocenters. The minimum Gasteiger partial charge on any atom is -0.508 e. The van der Waals surface area contributed by atoms with Crippen LogP contribution in [0.2, 0.25) is 0 Å². The number of pyridine rings is 1. The summed E-state index contributed by atoms with van der Waals surface area (Å²) in [5, 5.41) is 2.37. The van der Waals surface area contributed by atoms with Crippen molar-refractivity contribution in [1.29, 1.82) is 0 Å². The van der Waals surface area contributed by atoms with Gasteiger partial charge in [-0.1, -0.05) is 142 Å². The van der Waals surface area contributed by atoms with Gasteiger partial charge in [0, 0.05) is 34.2 Å². The van der Waals surface area contributed by atoms with Crippen LogP contribution in [0.5, 0.6) is 11.5 Å². The van der Waals surface area contributed by atoms with Gasteiger partial charge in [0.2, 0.25) is 0 Å². The Balaban J connectivity index is 0.00000480. The van der Waals surface area contributed by atoms with Crippen molar-refractivity contribution in [1.82, 2.24) is 9.55 Å².